The van der Waals surface area contributed by atoms with E-state index in [1.54, 1.807) is 6.92 Å². The van der Waals surface area contributed by atoms with Crippen molar-refractivity contribution in [3.63, 3.8) is 0 Å². The summed E-state index contributed by atoms with van der Waals surface area (Å²) in [5.74, 6) is 1.24. The predicted octanol–water partition coefficient (Wildman–Crippen LogP) is 1.47. The molecule has 15 heavy (non-hydrogen) atoms. The fraction of sp³-hybridized carbons (Fsp3) is 0.909. The second-order valence-corrected chi connectivity index (χ2v) is 5.86. The van der Waals surface area contributed by atoms with Gasteiger partial charge in [0.05, 0.1) is 6.04 Å². The Balaban J connectivity index is 2.42. The van der Waals surface area contributed by atoms with Crippen molar-refractivity contribution in [2.24, 2.45) is 5.73 Å². The van der Waals surface area contributed by atoms with Gasteiger partial charge in [0.1, 0.15) is 0 Å². The van der Waals surface area contributed by atoms with Gasteiger partial charge in [0, 0.05) is 18.3 Å². The van der Waals surface area contributed by atoms with E-state index >= 15 is 0 Å². The highest BCUT2D eigenvalue weighted by Crippen LogP contribution is 2.32. The van der Waals surface area contributed by atoms with Crippen molar-refractivity contribution in [1.82, 2.24) is 4.90 Å². The lowest BCUT2D eigenvalue weighted by Crippen LogP contribution is -2.44. The van der Waals surface area contributed by atoms with Crippen molar-refractivity contribution in [3.8, 4) is 0 Å². The topological polar surface area (TPSA) is 46.3 Å². The van der Waals surface area contributed by atoms with Crippen LogP contribution in [0.15, 0.2) is 0 Å². The van der Waals surface area contributed by atoms with Gasteiger partial charge in [0.25, 0.3) is 0 Å². The fourth-order valence-electron chi connectivity index (χ4n) is 2.16. The number of hydrogen-bond donors (Lipinski definition) is 1. The van der Waals surface area contributed by atoms with Crippen molar-refractivity contribution in [3.05, 3.63) is 0 Å². The molecule has 0 spiro atoms. The summed E-state index contributed by atoms with van der Waals surface area (Å²) in [4.78, 5) is 13.5. The Morgan fingerprint density at radius 3 is 2.80 bits per heavy atom. The van der Waals surface area contributed by atoms with Crippen LogP contribution >= 0.6 is 11.8 Å². The van der Waals surface area contributed by atoms with Crippen LogP contribution in [0.4, 0.5) is 0 Å². The number of thioether (sulfide) groups is 1. The molecule has 4 heteroatoms. The molecular weight excluding hydrogens is 208 g/mol. The Kier molecular flexibility index (Phi) is 4.93. The first-order valence-electron chi connectivity index (χ1n) is 5.70. The highest BCUT2D eigenvalue weighted by atomic mass is 32.2. The third kappa shape index (κ3) is 3.38. The van der Waals surface area contributed by atoms with Gasteiger partial charge in [-0.25, -0.2) is 0 Å². The summed E-state index contributed by atoms with van der Waals surface area (Å²) in [6, 6.07) is 0.0421. The molecule has 0 aromatic heterocycles. The van der Waals surface area contributed by atoms with E-state index in [0.717, 1.165) is 18.1 Å². The van der Waals surface area contributed by atoms with Gasteiger partial charge in [0.15, 0.2) is 0 Å². The van der Waals surface area contributed by atoms with Crippen LogP contribution in [-0.2, 0) is 4.79 Å². The minimum absolute atomic E-state index is 0.0714. The van der Waals surface area contributed by atoms with Crippen LogP contribution < -0.4 is 5.73 Å². The molecule has 1 amide bonds. The molecule has 0 bridgehead atoms. The first-order valence-corrected chi connectivity index (χ1v) is 6.75. The molecule has 1 rings (SSSR count). The largest absolute Gasteiger partial charge is 0.341 e. The van der Waals surface area contributed by atoms with E-state index < -0.39 is 0 Å². The van der Waals surface area contributed by atoms with E-state index in [1.165, 1.54) is 12.2 Å². The summed E-state index contributed by atoms with van der Waals surface area (Å²) in [5, 5.41) is 0.739. The van der Waals surface area contributed by atoms with Gasteiger partial charge >= 0.3 is 0 Å². The van der Waals surface area contributed by atoms with Crippen LogP contribution in [0.1, 0.15) is 33.1 Å². The Bertz CT molecular complexity index is 221. The van der Waals surface area contributed by atoms with Crippen LogP contribution in [0, 0.1) is 0 Å². The summed E-state index contributed by atoms with van der Waals surface area (Å²) in [6.07, 6.45) is 3.50. The Morgan fingerprint density at radius 2 is 2.27 bits per heavy atom. The van der Waals surface area contributed by atoms with Crippen LogP contribution in [0.5, 0.6) is 0 Å². The Morgan fingerprint density at radius 1 is 1.60 bits per heavy atom. The number of nitrogens with zero attached hydrogens (tertiary/aromatic N) is 1. The number of nitrogens with two attached hydrogens (primary N) is 1. The van der Waals surface area contributed by atoms with Crippen LogP contribution in [-0.4, -0.2) is 40.9 Å². The second kappa shape index (κ2) is 5.75. The molecular formula is C11H22N2OS. The van der Waals surface area contributed by atoms with Gasteiger partial charge in [-0.1, -0.05) is 6.92 Å². The maximum atomic E-state index is 11.7. The predicted molar refractivity (Wildman–Crippen MR) is 66.0 cm³/mol. The number of likely N-dealkylation sites (N-methyl/N-ethyl adjacent to an activating group) is 1. The minimum Gasteiger partial charge on any atom is -0.341 e. The van der Waals surface area contributed by atoms with E-state index in [0.29, 0.717) is 6.04 Å². The zero-order valence-electron chi connectivity index (χ0n) is 9.90. The average Bonchev–Trinajstić information content (AvgIpc) is 2.64. The molecule has 1 saturated carbocycles. The van der Waals surface area contributed by atoms with Crippen molar-refractivity contribution in [2.45, 2.75) is 50.4 Å². The maximum absolute atomic E-state index is 11.7. The second-order valence-electron chi connectivity index (χ2n) is 4.28. The molecule has 3 atom stereocenters. The fourth-order valence-corrected chi connectivity index (χ4v) is 3.29. The van der Waals surface area contributed by atoms with E-state index in [2.05, 4.69) is 6.92 Å². The molecule has 88 valence electrons. The number of carbonyl (C=O) groups is 1. The summed E-state index contributed by atoms with van der Waals surface area (Å²) < 4.78 is 0. The third-order valence-corrected chi connectivity index (χ3v) is 4.28. The first kappa shape index (κ1) is 12.8. The average molecular weight is 230 g/mol. The highest BCUT2D eigenvalue weighted by molar-refractivity contribution is 7.99. The molecule has 0 heterocycles. The van der Waals surface area contributed by atoms with E-state index in [1.807, 2.05) is 23.7 Å². The standard InChI is InChI=1S/C11H22N2OS/c1-4-15-10-6-5-9(7-10)13(3)11(14)8(2)12/h8-10H,4-7,12H2,1-3H3/t8-,9?,10?/m0/s1. The molecule has 1 aliphatic rings. The molecule has 2 unspecified atom stereocenters. The lowest BCUT2D eigenvalue weighted by molar-refractivity contribution is -0.132. The van der Waals surface area contributed by atoms with Crippen molar-refractivity contribution >= 4 is 17.7 Å². The lowest BCUT2D eigenvalue weighted by atomic mass is 10.2. The van der Waals surface area contributed by atoms with Crippen LogP contribution in [0.25, 0.3) is 0 Å². The van der Waals surface area contributed by atoms with Crippen molar-refractivity contribution in [1.29, 1.82) is 0 Å². The van der Waals surface area contributed by atoms with Gasteiger partial charge in [-0.05, 0) is 31.9 Å². The molecule has 0 saturated heterocycles. The van der Waals surface area contributed by atoms with Gasteiger partial charge in [0.2, 0.25) is 5.91 Å². The van der Waals surface area contributed by atoms with Crippen LogP contribution in [0.2, 0.25) is 0 Å². The van der Waals surface area contributed by atoms with Gasteiger partial charge in [-0.2, -0.15) is 11.8 Å². The van der Waals surface area contributed by atoms with E-state index in [9.17, 15) is 4.79 Å². The molecule has 1 fully saturated rings. The van der Waals surface area contributed by atoms with Crippen LogP contribution in [0.3, 0.4) is 0 Å². The number of amides is 1. The van der Waals surface area contributed by atoms with Crippen molar-refractivity contribution in [2.75, 3.05) is 12.8 Å². The van der Waals surface area contributed by atoms with Crippen molar-refractivity contribution < 1.29 is 4.79 Å². The SMILES string of the molecule is CCSC1CCC(N(C)C(=O)[C@H](C)N)C1. The van der Waals surface area contributed by atoms with Gasteiger partial charge in [-0.3, -0.25) is 4.79 Å². The number of rotatable bonds is 4. The van der Waals surface area contributed by atoms with E-state index in [-0.39, 0.29) is 11.9 Å². The molecule has 3 nitrogen and oxygen atoms in total. The number of hydrogen-bond acceptors (Lipinski definition) is 3. The summed E-state index contributed by atoms with van der Waals surface area (Å²) in [6.45, 7) is 3.95. The Hall–Kier alpha value is -0.220. The molecule has 0 aromatic rings. The molecule has 0 radical (unpaired) electrons. The maximum Gasteiger partial charge on any atom is 0.239 e. The summed E-state index contributed by atoms with van der Waals surface area (Å²) >= 11 is 2.01. The highest BCUT2D eigenvalue weighted by Gasteiger charge is 2.30. The third-order valence-electron chi connectivity index (χ3n) is 3.04. The normalized spacial score (nSPS) is 27.7. The monoisotopic (exact) mass is 230 g/mol. The molecule has 2 N–H and O–H groups in total. The lowest BCUT2D eigenvalue weighted by Gasteiger charge is -2.26. The molecule has 1 aliphatic carbocycles. The number of carbonyl (C=O) groups excluding carboxylic acids is 1. The smallest absolute Gasteiger partial charge is 0.239 e. The zero-order valence-corrected chi connectivity index (χ0v) is 10.7. The quantitative estimate of drug-likeness (QED) is 0.795. The van der Waals surface area contributed by atoms with E-state index in [4.69, 9.17) is 5.73 Å². The summed E-state index contributed by atoms with van der Waals surface area (Å²) in [5.41, 5.74) is 5.60. The zero-order chi connectivity index (χ0) is 11.4. The molecule has 0 aromatic carbocycles. The Labute approximate surface area is 96.8 Å². The van der Waals surface area contributed by atoms with Gasteiger partial charge in [-0.15, -0.1) is 0 Å². The minimum atomic E-state index is -0.368. The van der Waals surface area contributed by atoms with Gasteiger partial charge < -0.3 is 10.6 Å². The summed E-state index contributed by atoms with van der Waals surface area (Å²) in [7, 11) is 1.88. The molecule has 0 aliphatic heterocycles. The first-order chi connectivity index (χ1) is 7.06.